The zero-order valence-corrected chi connectivity index (χ0v) is 10.6. The molecule has 0 aromatic heterocycles. The van der Waals surface area contributed by atoms with Crippen LogP contribution in [0.15, 0.2) is 22.7 Å². The van der Waals surface area contributed by atoms with Crippen LogP contribution >= 0.6 is 15.9 Å². The second-order valence-corrected chi connectivity index (χ2v) is 5.43. The van der Waals surface area contributed by atoms with E-state index >= 15 is 0 Å². The highest BCUT2D eigenvalue weighted by Crippen LogP contribution is 2.32. The number of nitrogens with two attached hydrogens (primary N) is 1. The number of halogens is 4. The highest BCUT2D eigenvalue weighted by atomic mass is 79.9. The first-order valence-electron chi connectivity index (χ1n) is 4.73. The minimum Gasteiger partial charge on any atom is -0.325 e. The molecular formula is C11H13BrF3N. The Hall–Kier alpha value is -0.550. The van der Waals surface area contributed by atoms with E-state index in [0.29, 0.717) is 16.5 Å². The van der Waals surface area contributed by atoms with Crippen LogP contribution in [0, 0.1) is 0 Å². The van der Waals surface area contributed by atoms with Crippen molar-refractivity contribution in [2.75, 3.05) is 0 Å². The van der Waals surface area contributed by atoms with Crippen molar-refractivity contribution in [2.24, 2.45) is 5.73 Å². The molecule has 0 bridgehead atoms. The highest BCUT2D eigenvalue weighted by molar-refractivity contribution is 9.10. The van der Waals surface area contributed by atoms with Gasteiger partial charge in [0.2, 0.25) is 0 Å². The quantitative estimate of drug-likeness (QED) is 0.883. The van der Waals surface area contributed by atoms with Gasteiger partial charge in [-0.2, -0.15) is 13.2 Å². The van der Waals surface area contributed by atoms with E-state index in [9.17, 15) is 13.2 Å². The standard InChI is InChI=1S/C11H13BrF3N/c1-10(2,16)6-7-3-8(11(13,14)15)5-9(12)4-7/h3-5H,6,16H2,1-2H3. The second kappa shape index (κ2) is 4.37. The lowest BCUT2D eigenvalue weighted by Crippen LogP contribution is -2.34. The summed E-state index contributed by atoms with van der Waals surface area (Å²) in [6.45, 7) is 3.56. The van der Waals surface area contributed by atoms with Crippen LogP contribution < -0.4 is 5.73 Å². The van der Waals surface area contributed by atoms with Gasteiger partial charge in [-0.3, -0.25) is 0 Å². The Labute approximate surface area is 101 Å². The topological polar surface area (TPSA) is 26.0 Å². The largest absolute Gasteiger partial charge is 0.416 e. The predicted octanol–water partition coefficient (Wildman–Crippen LogP) is 3.75. The van der Waals surface area contributed by atoms with Crippen LogP contribution in [0.4, 0.5) is 13.2 Å². The Bertz CT molecular complexity index is 380. The molecule has 0 heterocycles. The molecule has 1 aromatic carbocycles. The van der Waals surface area contributed by atoms with E-state index in [1.165, 1.54) is 0 Å². The molecule has 5 heteroatoms. The molecule has 0 radical (unpaired) electrons. The van der Waals surface area contributed by atoms with Gasteiger partial charge in [-0.1, -0.05) is 15.9 Å². The summed E-state index contributed by atoms with van der Waals surface area (Å²) >= 11 is 3.07. The molecule has 1 nitrogen and oxygen atoms in total. The fraction of sp³-hybridized carbons (Fsp3) is 0.455. The fourth-order valence-corrected chi connectivity index (χ4v) is 1.98. The zero-order chi connectivity index (χ0) is 12.6. The number of hydrogen-bond donors (Lipinski definition) is 1. The van der Waals surface area contributed by atoms with Crippen molar-refractivity contribution < 1.29 is 13.2 Å². The molecule has 0 spiro atoms. The van der Waals surface area contributed by atoms with Gasteiger partial charge in [-0.15, -0.1) is 0 Å². The summed E-state index contributed by atoms with van der Waals surface area (Å²) in [5.41, 5.74) is 5.18. The van der Waals surface area contributed by atoms with Crippen LogP contribution in [0.1, 0.15) is 25.0 Å². The molecule has 0 saturated heterocycles. The summed E-state index contributed by atoms with van der Waals surface area (Å²) in [5.74, 6) is 0. The van der Waals surface area contributed by atoms with Crippen molar-refractivity contribution in [1.82, 2.24) is 0 Å². The molecule has 1 rings (SSSR count). The summed E-state index contributed by atoms with van der Waals surface area (Å²) in [7, 11) is 0. The maximum absolute atomic E-state index is 12.5. The van der Waals surface area contributed by atoms with Gasteiger partial charge in [0.05, 0.1) is 5.56 Å². The Kier molecular flexibility index (Phi) is 3.69. The second-order valence-electron chi connectivity index (χ2n) is 4.51. The molecular weight excluding hydrogens is 283 g/mol. The molecule has 0 saturated carbocycles. The van der Waals surface area contributed by atoms with Gasteiger partial charge < -0.3 is 5.73 Å². The molecule has 0 unspecified atom stereocenters. The van der Waals surface area contributed by atoms with Crippen LogP contribution in [0.25, 0.3) is 0 Å². The SMILES string of the molecule is CC(C)(N)Cc1cc(Br)cc(C(F)(F)F)c1. The summed E-state index contributed by atoms with van der Waals surface area (Å²) < 4.78 is 38.0. The first-order valence-corrected chi connectivity index (χ1v) is 5.53. The lowest BCUT2D eigenvalue weighted by Gasteiger charge is -2.19. The monoisotopic (exact) mass is 295 g/mol. The number of hydrogen-bond acceptors (Lipinski definition) is 1. The summed E-state index contributed by atoms with van der Waals surface area (Å²) in [6, 6.07) is 3.86. The van der Waals surface area contributed by atoms with Crippen LogP contribution in [-0.2, 0) is 12.6 Å². The van der Waals surface area contributed by atoms with Crippen molar-refractivity contribution >= 4 is 15.9 Å². The van der Waals surface area contributed by atoms with Gasteiger partial charge in [0.1, 0.15) is 0 Å². The van der Waals surface area contributed by atoms with Crippen LogP contribution in [0.3, 0.4) is 0 Å². The lowest BCUT2D eigenvalue weighted by atomic mass is 9.95. The number of alkyl halides is 3. The van der Waals surface area contributed by atoms with E-state index in [2.05, 4.69) is 15.9 Å². The normalized spacial score (nSPS) is 12.9. The van der Waals surface area contributed by atoms with Crippen LogP contribution in [0.5, 0.6) is 0 Å². The smallest absolute Gasteiger partial charge is 0.325 e. The molecule has 0 aliphatic heterocycles. The average Bonchev–Trinajstić information content (AvgIpc) is 1.97. The molecule has 1 aromatic rings. The zero-order valence-electron chi connectivity index (χ0n) is 9.03. The van der Waals surface area contributed by atoms with Crippen molar-refractivity contribution in [3.63, 3.8) is 0 Å². The Morgan fingerprint density at radius 1 is 1.19 bits per heavy atom. The molecule has 2 N–H and O–H groups in total. The van der Waals surface area contributed by atoms with E-state index in [0.717, 1.165) is 12.1 Å². The van der Waals surface area contributed by atoms with E-state index in [-0.39, 0.29) is 0 Å². The first kappa shape index (κ1) is 13.5. The molecule has 0 aliphatic carbocycles. The lowest BCUT2D eigenvalue weighted by molar-refractivity contribution is -0.137. The molecule has 0 aliphatic rings. The first-order chi connectivity index (χ1) is 7.08. The summed E-state index contributed by atoms with van der Waals surface area (Å²) in [6.07, 6.45) is -3.92. The van der Waals surface area contributed by atoms with E-state index < -0.39 is 17.3 Å². The molecule has 0 amide bonds. The predicted molar refractivity (Wildman–Crippen MR) is 61.1 cm³/mol. The van der Waals surface area contributed by atoms with Gasteiger partial charge in [0.15, 0.2) is 0 Å². The maximum Gasteiger partial charge on any atom is 0.416 e. The molecule has 90 valence electrons. The van der Waals surface area contributed by atoms with Gasteiger partial charge in [0.25, 0.3) is 0 Å². The van der Waals surface area contributed by atoms with Gasteiger partial charge >= 0.3 is 6.18 Å². The molecule has 16 heavy (non-hydrogen) atoms. The minimum absolute atomic E-state index is 0.398. The highest BCUT2D eigenvalue weighted by Gasteiger charge is 2.31. The van der Waals surface area contributed by atoms with Crippen molar-refractivity contribution in [3.8, 4) is 0 Å². The van der Waals surface area contributed by atoms with Crippen molar-refractivity contribution in [2.45, 2.75) is 32.0 Å². The summed E-state index contributed by atoms with van der Waals surface area (Å²) in [4.78, 5) is 0. The third-order valence-corrected chi connectivity index (χ3v) is 2.40. The number of rotatable bonds is 2. The van der Waals surface area contributed by atoms with Gasteiger partial charge in [-0.25, -0.2) is 0 Å². The maximum atomic E-state index is 12.5. The van der Waals surface area contributed by atoms with Crippen LogP contribution in [0.2, 0.25) is 0 Å². The van der Waals surface area contributed by atoms with Crippen molar-refractivity contribution in [3.05, 3.63) is 33.8 Å². The Morgan fingerprint density at radius 3 is 2.19 bits per heavy atom. The molecule has 0 fully saturated rings. The average molecular weight is 296 g/mol. The summed E-state index contributed by atoms with van der Waals surface area (Å²) in [5, 5.41) is 0. The van der Waals surface area contributed by atoms with E-state index in [4.69, 9.17) is 5.73 Å². The number of benzene rings is 1. The van der Waals surface area contributed by atoms with Gasteiger partial charge in [-0.05, 0) is 44.0 Å². The Balaban J connectivity index is 3.09. The van der Waals surface area contributed by atoms with E-state index in [1.807, 2.05) is 0 Å². The van der Waals surface area contributed by atoms with E-state index in [1.54, 1.807) is 19.9 Å². The van der Waals surface area contributed by atoms with Crippen molar-refractivity contribution in [1.29, 1.82) is 0 Å². The van der Waals surface area contributed by atoms with Crippen LogP contribution in [-0.4, -0.2) is 5.54 Å². The minimum atomic E-state index is -4.32. The Morgan fingerprint density at radius 2 is 1.75 bits per heavy atom. The van der Waals surface area contributed by atoms with Gasteiger partial charge in [0, 0.05) is 10.0 Å². The third kappa shape index (κ3) is 4.14. The molecule has 0 atom stereocenters. The third-order valence-electron chi connectivity index (χ3n) is 1.94. The fourth-order valence-electron chi connectivity index (χ4n) is 1.44.